The molecule has 0 aliphatic carbocycles. The lowest BCUT2D eigenvalue weighted by Crippen LogP contribution is -2.37. The first-order valence-corrected chi connectivity index (χ1v) is 13.1. The number of halogens is 2. The summed E-state index contributed by atoms with van der Waals surface area (Å²) in [5.74, 6) is -1.97. The number of hydrogen-bond acceptors (Lipinski definition) is 7. The summed E-state index contributed by atoms with van der Waals surface area (Å²) in [4.78, 5) is 47.2. The van der Waals surface area contributed by atoms with Crippen LogP contribution in [0, 0.1) is 12.8 Å². The number of rotatable bonds is 5. The van der Waals surface area contributed by atoms with E-state index in [0.717, 1.165) is 4.90 Å². The van der Waals surface area contributed by atoms with Gasteiger partial charge in [0.25, 0.3) is 5.91 Å². The zero-order chi connectivity index (χ0) is 28.1. The predicted molar refractivity (Wildman–Crippen MR) is 148 cm³/mol. The van der Waals surface area contributed by atoms with Gasteiger partial charge >= 0.3 is 5.97 Å². The van der Waals surface area contributed by atoms with E-state index < -0.39 is 35.8 Å². The number of para-hydroxylation sites is 1. The molecule has 4 aromatic rings. The predicted octanol–water partition coefficient (Wildman–Crippen LogP) is 5.31. The van der Waals surface area contributed by atoms with Crippen molar-refractivity contribution < 1.29 is 24.0 Å². The summed E-state index contributed by atoms with van der Waals surface area (Å²) in [6.07, 6.45) is -1.04. The normalized spacial score (nSPS) is 20.2. The van der Waals surface area contributed by atoms with Gasteiger partial charge in [0.1, 0.15) is 17.4 Å². The van der Waals surface area contributed by atoms with Gasteiger partial charge in [-0.15, -0.1) is 0 Å². The molecule has 3 heterocycles. The number of nitrogens with zero attached hydrogens (tertiary/aromatic N) is 4. The largest absolute Gasteiger partial charge is 0.422 e. The van der Waals surface area contributed by atoms with Crippen molar-refractivity contribution in [1.29, 1.82) is 0 Å². The van der Waals surface area contributed by atoms with Crippen LogP contribution >= 0.6 is 23.2 Å². The highest BCUT2D eigenvalue weighted by Crippen LogP contribution is 2.48. The van der Waals surface area contributed by atoms with E-state index >= 15 is 0 Å². The minimum absolute atomic E-state index is 0.228. The number of aromatic nitrogens is 2. The van der Waals surface area contributed by atoms with E-state index in [9.17, 15) is 14.4 Å². The van der Waals surface area contributed by atoms with Gasteiger partial charge in [-0.05, 0) is 61.0 Å². The highest BCUT2D eigenvalue weighted by atomic mass is 35.5. The smallest absolute Gasteiger partial charge is 0.361 e. The Kier molecular flexibility index (Phi) is 6.58. The molecule has 2 aliphatic heterocycles. The quantitative estimate of drug-likeness (QED) is 0.180. The summed E-state index contributed by atoms with van der Waals surface area (Å²) >= 11 is 12.2. The van der Waals surface area contributed by atoms with Crippen LogP contribution in [0.3, 0.4) is 0 Å². The molecule has 2 fully saturated rings. The van der Waals surface area contributed by atoms with Gasteiger partial charge in [-0.25, -0.2) is 14.8 Å². The minimum Gasteiger partial charge on any atom is -0.422 e. The highest BCUT2D eigenvalue weighted by Gasteiger charge is 2.60. The number of carbonyl (C=O) groups excluding carboxylic acids is 3. The lowest BCUT2D eigenvalue weighted by atomic mass is 9.90. The third-order valence-corrected chi connectivity index (χ3v) is 7.67. The fourth-order valence-corrected chi connectivity index (χ4v) is 5.42. The maximum absolute atomic E-state index is 13.8. The summed E-state index contributed by atoms with van der Waals surface area (Å²) in [6, 6.07) is 21.6. The Balaban J connectivity index is 1.33. The van der Waals surface area contributed by atoms with Gasteiger partial charge in [0.2, 0.25) is 5.91 Å². The van der Waals surface area contributed by atoms with Crippen LogP contribution in [0.4, 0.5) is 11.4 Å². The Bertz CT molecular complexity index is 1640. The Morgan fingerprint density at radius 3 is 2.27 bits per heavy atom. The maximum Gasteiger partial charge on any atom is 0.361 e. The van der Waals surface area contributed by atoms with Crippen LogP contribution < -0.4 is 14.7 Å². The monoisotopic (exact) mass is 576 g/mol. The van der Waals surface area contributed by atoms with Crippen LogP contribution in [0.25, 0.3) is 0 Å². The molecule has 2 aliphatic rings. The van der Waals surface area contributed by atoms with Crippen molar-refractivity contribution in [2.45, 2.75) is 19.1 Å². The standard InChI is InChI=1S/C29H22Cl2N4O5/c1-16-14-23(33(2)32-16)29(38)39-20-11-8-17(9-12-20)25-24-26(40-35(25)18-6-4-3-5-7-18)28(37)34(27(24)36)19-10-13-21(30)22(31)15-19/h3-15,24-26H,1-2H3/t24-,25-,26+/m1/s1. The van der Waals surface area contributed by atoms with Crippen LogP contribution in [-0.4, -0.2) is 33.7 Å². The molecule has 0 N–H and O–H groups in total. The number of imide groups is 1. The van der Waals surface area contributed by atoms with Crippen LogP contribution in [0.1, 0.15) is 27.8 Å². The van der Waals surface area contributed by atoms with Crippen molar-refractivity contribution in [2.75, 3.05) is 9.96 Å². The van der Waals surface area contributed by atoms with Crippen molar-refractivity contribution in [3.05, 3.63) is 106 Å². The number of benzene rings is 3. The van der Waals surface area contributed by atoms with E-state index in [1.54, 1.807) is 55.4 Å². The lowest BCUT2D eigenvalue weighted by molar-refractivity contribution is -0.126. The van der Waals surface area contributed by atoms with Crippen LogP contribution in [-0.2, 0) is 21.5 Å². The first kappa shape index (κ1) is 26.1. The molecule has 0 saturated carbocycles. The van der Waals surface area contributed by atoms with Gasteiger partial charge in [-0.1, -0.05) is 53.5 Å². The topological polar surface area (TPSA) is 94.0 Å². The number of fused-ring (bicyclic) bond motifs is 1. The van der Waals surface area contributed by atoms with E-state index in [1.165, 1.54) is 16.8 Å². The molecular formula is C29H22Cl2N4O5. The van der Waals surface area contributed by atoms with Gasteiger partial charge in [0, 0.05) is 7.05 Å². The van der Waals surface area contributed by atoms with Crippen molar-refractivity contribution in [2.24, 2.45) is 13.0 Å². The second-order valence-corrected chi connectivity index (χ2v) is 10.3. The van der Waals surface area contributed by atoms with E-state index in [0.29, 0.717) is 39.1 Å². The molecule has 3 atom stereocenters. The average molecular weight is 577 g/mol. The molecule has 3 aromatic carbocycles. The van der Waals surface area contributed by atoms with Gasteiger partial charge < -0.3 is 4.74 Å². The molecular weight excluding hydrogens is 555 g/mol. The number of amides is 2. The average Bonchev–Trinajstić information content (AvgIpc) is 3.58. The number of carbonyl (C=O) groups is 3. The molecule has 2 saturated heterocycles. The molecule has 9 nitrogen and oxygen atoms in total. The molecule has 1 aromatic heterocycles. The zero-order valence-corrected chi connectivity index (χ0v) is 22.8. The number of hydroxylamine groups is 1. The number of aryl methyl sites for hydroxylation is 2. The highest BCUT2D eigenvalue weighted by molar-refractivity contribution is 6.42. The van der Waals surface area contributed by atoms with Gasteiger partial charge in [-0.3, -0.25) is 19.1 Å². The lowest BCUT2D eigenvalue weighted by Gasteiger charge is -2.29. The fourth-order valence-electron chi connectivity index (χ4n) is 5.12. The third-order valence-electron chi connectivity index (χ3n) is 6.93. The van der Waals surface area contributed by atoms with Crippen LogP contribution in [0.5, 0.6) is 5.75 Å². The van der Waals surface area contributed by atoms with E-state index in [-0.39, 0.29) is 5.02 Å². The summed E-state index contributed by atoms with van der Waals surface area (Å²) in [5.41, 5.74) is 2.73. The van der Waals surface area contributed by atoms with Gasteiger partial charge in [0.05, 0.1) is 33.2 Å². The molecule has 11 heteroatoms. The molecule has 0 spiro atoms. The van der Waals surface area contributed by atoms with Crippen molar-refractivity contribution >= 4 is 52.4 Å². The van der Waals surface area contributed by atoms with E-state index in [2.05, 4.69) is 5.10 Å². The zero-order valence-electron chi connectivity index (χ0n) is 21.3. The summed E-state index contributed by atoms with van der Waals surface area (Å²) in [6.45, 7) is 1.79. The third kappa shape index (κ3) is 4.42. The van der Waals surface area contributed by atoms with Crippen molar-refractivity contribution in [3.63, 3.8) is 0 Å². The Hall–Kier alpha value is -4.18. The SMILES string of the molecule is Cc1cc(C(=O)Oc2ccc([C@@H]3[C@H]4C(=O)N(c5ccc(Cl)c(Cl)c5)C(=O)[C@H]4ON3c3ccccc3)cc2)n(C)n1. The number of ether oxygens (including phenoxy) is 1. The van der Waals surface area contributed by atoms with Gasteiger partial charge in [-0.2, -0.15) is 5.10 Å². The Labute approximate surface area is 239 Å². The molecule has 6 rings (SSSR count). The van der Waals surface area contributed by atoms with Gasteiger partial charge in [0.15, 0.2) is 6.10 Å². The molecule has 202 valence electrons. The van der Waals surface area contributed by atoms with Crippen LogP contribution in [0.2, 0.25) is 10.0 Å². The van der Waals surface area contributed by atoms with E-state index in [1.807, 2.05) is 30.3 Å². The number of anilines is 2. The molecule has 0 unspecified atom stereocenters. The summed E-state index contributed by atoms with van der Waals surface area (Å²) < 4.78 is 7.01. The van der Waals surface area contributed by atoms with E-state index in [4.69, 9.17) is 32.8 Å². The Morgan fingerprint density at radius 1 is 0.900 bits per heavy atom. The fraction of sp³-hybridized carbons (Fsp3) is 0.172. The first-order valence-electron chi connectivity index (χ1n) is 12.4. The molecule has 2 amide bonds. The van der Waals surface area contributed by atoms with Crippen molar-refractivity contribution in [1.82, 2.24) is 9.78 Å². The maximum atomic E-state index is 13.8. The molecule has 40 heavy (non-hydrogen) atoms. The molecule has 0 radical (unpaired) electrons. The minimum atomic E-state index is -1.04. The molecule has 0 bridgehead atoms. The summed E-state index contributed by atoms with van der Waals surface area (Å²) in [5, 5.41) is 6.31. The summed E-state index contributed by atoms with van der Waals surface area (Å²) in [7, 11) is 1.67. The van der Waals surface area contributed by atoms with Crippen LogP contribution in [0.15, 0.2) is 78.9 Å². The number of hydrogen-bond donors (Lipinski definition) is 0. The number of esters is 1. The van der Waals surface area contributed by atoms with Crippen molar-refractivity contribution in [3.8, 4) is 5.75 Å². The second kappa shape index (κ2) is 10.1. The first-order chi connectivity index (χ1) is 19.2. The Morgan fingerprint density at radius 2 is 1.62 bits per heavy atom. The second-order valence-electron chi connectivity index (χ2n) is 9.52.